The SMILES string of the molecule is CN(C)c1ccc(NC(=O)c2sc(SCC(=O)Nc3cccc([N+](=O)[O-])c3)nc2N)cc1. The number of carbonyl (C=O) groups excluding carboxylic acids is 2. The Hall–Kier alpha value is -3.64. The van der Waals surface area contributed by atoms with Gasteiger partial charge in [0.2, 0.25) is 5.91 Å². The summed E-state index contributed by atoms with van der Waals surface area (Å²) in [6.45, 7) is 0. The molecule has 0 saturated carbocycles. The largest absolute Gasteiger partial charge is 0.382 e. The van der Waals surface area contributed by atoms with Gasteiger partial charge in [-0.25, -0.2) is 4.98 Å². The van der Waals surface area contributed by atoms with E-state index in [4.69, 9.17) is 5.73 Å². The fraction of sp³-hybridized carbons (Fsp3) is 0.150. The third kappa shape index (κ3) is 5.95. The second kappa shape index (κ2) is 10.1. The standard InChI is InChI=1S/C20H20N6O4S2/c1-25(2)14-8-6-12(7-9-14)23-19(28)17-18(21)24-20(32-17)31-11-16(27)22-13-4-3-5-15(10-13)26(29)30/h3-10H,11,21H2,1-2H3,(H,22,27)(H,23,28). The van der Waals surface area contributed by atoms with Gasteiger partial charge in [0.15, 0.2) is 4.34 Å². The van der Waals surface area contributed by atoms with E-state index < -0.39 is 4.92 Å². The lowest BCUT2D eigenvalue weighted by Crippen LogP contribution is -2.14. The van der Waals surface area contributed by atoms with Crippen molar-refractivity contribution >= 4 is 63.5 Å². The molecule has 0 spiro atoms. The number of nitro benzene ring substituents is 1. The first-order chi connectivity index (χ1) is 15.2. The van der Waals surface area contributed by atoms with Crippen molar-refractivity contribution < 1.29 is 14.5 Å². The molecule has 4 N–H and O–H groups in total. The molecule has 1 heterocycles. The highest BCUT2D eigenvalue weighted by Gasteiger charge is 2.18. The monoisotopic (exact) mass is 472 g/mol. The highest BCUT2D eigenvalue weighted by molar-refractivity contribution is 8.01. The minimum absolute atomic E-state index is 0.00268. The Bertz CT molecular complexity index is 1150. The Morgan fingerprint density at radius 1 is 1.16 bits per heavy atom. The lowest BCUT2D eigenvalue weighted by Gasteiger charge is -2.12. The van der Waals surface area contributed by atoms with Crippen LogP contribution in [0.4, 0.5) is 28.6 Å². The van der Waals surface area contributed by atoms with Crippen LogP contribution in [-0.2, 0) is 4.79 Å². The van der Waals surface area contributed by atoms with Crippen LogP contribution in [0.2, 0.25) is 0 Å². The summed E-state index contributed by atoms with van der Waals surface area (Å²) < 4.78 is 0.463. The van der Waals surface area contributed by atoms with Crippen LogP contribution in [0.25, 0.3) is 0 Å². The molecule has 0 radical (unpaired) electrons. The first-order valence-electron chi connectivity index (χ1n) is 9.25. The molecule has 3 rings (SSSR count). The molecule has 12 heteroatoms. The number of anilines is 4. The number of amides is 2. The van der Waals surface area contributed by atoms with Gasteiger partial charge in [0.25, 0.3) is 11.6 Å². The Labute approximate surface area is 192 Å². The van der Waals surface area contributed by atoms with Gasteiger partial charge in [0.05, 0.1) is 10.7 Å². The van der Waals surface area contributed by atoms with E-state index in [0.717, 1.165) is 28.8 Å². The number of hydrogen-bond donors (Lipinski definition) is 3. The van der Waals surface area contributed by atoms with Crippen LogP contribution in [0.3, 0.4) is 0 Å². The van der Waals surface area contributed by atoms with Crippen LogP contribution in [0.5, 0.6) is 0 Å². The average Bonchev–Trinajstić information content (AvgIpc) is 3.13. The first kappa shape index (κ1) is 23.0. The van der Waals surface area contributed by atoms with Gasteiger partial charge in [-0.05, 0) is 30.3 Å². The van der Waals surface area contributed by atoms with E-state index in [1.54, 1.807) is 18.2 Å². The summed E-state index contributed by atoms with van der Waals surface area (Å²) in [5.41, 5.74) is 7.72. The zero-order chi connectivity index (χ0) is 23.3. The maximum absolute atomic E-state index is 12.6. The number of nitrogens with zero attached hydrogens (tertiary/aromatic N) is 3. The van der Waals surface area contributed by atoms with Gasteiger partial charge >= 0.3 is 0 Å². The topological polar surface area (TPSA) is 143 Å². The first-order valence-corrected chi connectivity index (χ1v) is 11.1. The molecule has 0 aliphatic carbocycles. The molecule has 1 aromatic heterocycles. The number of thiazole rings is 1. The number of nitro groups is 1. The molecule has 0 fully saturated rings. The number of rotatable bonds is 8. The van der Waals surface area contributed by atoms with E-state index in [0.29, 0.717) is 15.7 Å². The van der Waals surface area contributed by atoms with E-state index in [1.807, 2.05) is 31.1 Å². The van der Waals surface area contributed by atoms with Crippen molar-refractivity contribution in [3.63, 3.8) is 0 Å². The summed E-state index contributed by atoms with van der Waals surface area (Å²) in [6, 6.07) is 13.0. The summed E-state index contributed by atoms with van der Waals surface area (Å²) in [4.78, 5) is 41.4. The molecule has 0 bridgehead atoms. The van der Waals surface area contributed by atoms with Gasteiger partial charge in [0, 0.05) is 43.3 Å². The van der Waals surface area contributed by atoms with Crippen molar-refractivity contribution in [1.82, 2.24) is 4.98 Å². The van der Waals surface area contributed by atoms with Crippen molar-refractivity contribution in [2.75, 3.05) is 41.1 Å². The zero-order valence-corrected chi connectivity index (χ0v) is 18.8. The van der Waals surface area contributed by atoms with Crippen molar-refractivity contribution in [2.45, 2.75) is 4.34 Å². The maximum Gasteiger partial charge on any atom is 0.271 e. The number of non-ortho nitro benzene ring substituents is 1. The van der Waals surface area contributed by atoms with E-state index in [1.165, 1.54) is 18.2 Å². The van der Waals surface area contributed by atoms with Crippen LogP contribution in [0.1, 0.15) is 9.67 Å². The molecule has 0 aliphatic heterocycles. The molecule has 0 aliphatic rings. The average molecular weight is 473 g/mol. The van der Waals surface area contributed by atoms with Gasteiger partial charge in [0.1, 0.15) is 10.7 Å². The van der Waals surface area contributed by atoms with Crippen LogP contribution in [-0.4, -0.2) is 41.6 Å². The number of thioether (sulfide) groups is 1. The Kier molecular flexibility index (Phi) is 7.28. The molecular formula is C20H20N6O4S2. The minimum Gasteiger partial charge on any atom is -0.382 e. The van der Waals surface area contributed by atoms with Crippen LogP contribution in [0, 0.1) is 10.1 Å². The summed E-state index contributed by atoms with van der Waals surface area (Å²) in [6.07, 6.45) is 0. The van der Waals surface area contributed by atoms with Crippen LogP contribution in [0.15, 0.2) is 52.9 Å². The fourth-order valence-corrected chi connectivity index (χ4v) is 4.35. The summed E-state index contributed by atoms with van der Waals surface area (Å²) in [7, 11) is 3.85. The smallest absolute Gasteiger partial charge is 0.271 e. The maximum atomic E-state index is 12.6. The molecule has 2 amide bonds. The fourth-order valence-electron chi connectivity index (χ4n) is 2.59. The summed E-state index contributed by atoms with van der Waals surface area (Å²) in [5.74, 6) is -0.663. The lowest BCUT2D eigenvalue weighted by atomic mass is 10.2. The van der Waals surface area contributed by atoms with E-state index in [2.05, 4.69) is 15.6 Å². The highest BCUT2D eigenvalue weighted by atomic mass is 32.2. The van der Waals surface area contributed by atoms with Gasteiger partial charge in [-0.1, -0.05) is 17.8 Å². The highest BCUT2D eigenvalue weighted by Crippen LogP contribution is 2.30. The second-order valence-electron chi connectivity index (χ2n) is 6.73. The summed E-state index contributed by atoms with van der Waals surface area (Å²) >= 11 is 2.20. The Balaban J connectivity index is 1.57. The van der Waals surface area contributed by atoms with E-state index >= 15 is 0 Å². The van der Waals surface area contributed by atoms with Crippen molar-refractivity contribution in [3.05, 3.63) is 63.5 Å². The number of nitrogens with one attached hydrogen (secondary N) is 2. The number of benzene rings is 2. The van der Waals surface area contributed by atoms with E-state index in [9.17, 15) is 19.7 Å². The predicted octanol–water partition coefficient (Wildman–Crippen LogP) is 3.68. The van der Waals surface area contributed by atoms with Gasteiger partial charge < -0.3 is 21.3 Å². The van der Waals surface area contributed by atoms with Gasteiger partial charge in [-0.15, -0.1) is 11.3 Å². The number of aromatic nitrogens is 1. The van der Waals surface area contributed by atoms with Crippen molar-refractivity contribution in [1.29, 1.82) is 0 Å². The third-order valence-corrected chi connectivity index (χ3v) is 6.36. The molecule has 166 valence electrons. The van der Waals surface area contributed by atoms with E-state index in [-0.39, 0.29) is 33.9 Å². The van der Waals surface area contributed by atoms with Crippen molar-refractivity contribution in [3.8, 4) is 0 Å². The summed E-state index contributed by atoms with van der Waals surface area (Å²) in [5, 5.41) is 16.2. The normalized spacial score (nSPS) is 10.4. The van der Waals surface area contributed by atoms with Crippen LogP contribution >= 0.6 is 23.1 Å². The molecule has 2 aromatic carbocycles. The number of nitrogens with two attached hydrogens (primary N) is 1. The molecule has 10 nitrogen and oxygen atoms in total. The molecule has 32 heavy (non-hydrogen) atoms. The number of hydrogen-bond acceptors (Lipinski definition) is 9. The molecule has 0 atom stereocenters. The Morgan fingerprint density at radius 3 is 2.53 bits per heavy atom. The van der Waals surface area contributed by atoms with Crippen LogP contribution < -0.4 is 21.3 Å². The number of carbonyl (C=O) groups is 2. The molecule has 0 saturated heterocycles. The number of nitrogen functional groups attached to an aromatic ring is 1. The lowest BCUT2D eigenvalue weighted by molar-refractivity contribution is -0.384. The molecule has 3 aromatic rings. The van der Waals surface area contributed by atoms with Gasteiger partial charge in [-0.2, -0.15) is 0 Å². The molecule has 0 unspecified atom stereocenters. The quantitative estimate of drug-likeness (QED) is 0.256. The van der Waals surface area contributed by atoms with Gasteiger partial charge in [-0.3, -0.25) is 19.7 Å². The Morgan fingerprint density at radius 2 is 1.88 bits per heavy atom. The minimum atomic E-state index is -0.536. The second-order valence-corrected chi connectivity index (χ2v) is 8.96. The zero-order valence-electron chi connectivity index (χ0n) is 17.2. The third-order valence-electron chi connectivity index (χ3n) is 4.15. The predicted molar refractivity (Wildman–Crippen MR) is 128 cm³/mol. The van der Waals surface area contributed by atoms with Crippen molar-refractivity contribution in [2.24, 2.45) is 0 Å². The molecular weight excluding hydrogens is 452 g/mol.